The lowest BCUT2D eigenvalue weighted by Gasteiger charge is -2.20. The van der Waals surface area contributed by atoms with Gasteiger partial charge < -0.3 is 10.1 Å². The third kappa shape index (κ3) is 4.10. The van der Waals surface area contributed by atoms with Gasteiger partial charge in [-0.1, -0.05) is 17.7 Å². The second kappa shape index (κ2) is 7.73. The molecule has 1 saturated heterocycles. The van der Waals surface area contributed by atoms with Crippen molar-refractivity contribution in [1.29, 1.82) is 0 Å². The van der Waals surface area contributed by atoms with Crippen LogP contribution in [0.3, 0.4) is 0 Å². The number of hydrogen-bond donors (Lipinski definition) is 1. The molecule has 6 heteroatoms. The molecule has 0 spiro atoms. The van der Waals surface area contributed by atoms with Gasteiger partial charge in [-0.3, -0.25) is 9.78 Å². The van der Waals surface area contributed by atoms with Gasteiger partial charge in [-0.15, -0.1) is 0 Å². The summed E-state index contributed by atoms with van der Waals surface area (Å²) in [4.78, 5) is 16.1. The van der Waals surface area contributed by atoms with E-state index >= 15 is 0 Å². The summed E-state index contributed by atoms with van der Waals surface area (Å²) in [7, 11) is 0. The van der Waals surface area contributed by atoms with E-state index in [-0.39, 0.29) is 23.1 Å². The summed E-state index contributed by atoms with van der Waals surface area (Å²) in [5, 5.41) is 3.08. The quantitative estimate of drug-likeness (QED) is 0.900. The second-order valence-corrected chi connectivity index (χ2v) is 6.19. The third-order valence-electron chi connectivity index (χ3n) is 4.10. The van der Waals surface area contributed by atoms with Crippen LogP contribution in [0.2, 0.25) is 5.02 Å². The average molecular weight is 349 g/mol. The van der Waals surface area contributed by atoms with Gasteiger partial charge in [-0.2, -0.15) is 0 Å². The number of carbonyl (C=O) groups excluding carboxylic acids is 1. The monoisotopic (exact) mass is 348 g/mol. The van der Waals surface area contributed by atoms with Crippen LogP contribution in [0.25, 0.3) is 0 Å². The first kappa shape index (κ1) is 16.9. The molecular formula is C18H18ClFN2O2. The van der Waals surface area contributed by atoms with E-state index in [0.29, 0.717) is 31.4 Å². The van der Waals surface area contributed by atoms with Gasteiger partial charge in [-0.25, -0.2) is 4.39 Å². The molecule has 2 atom stereocenters. The number of nitrogens with one attached hydrogen (secondary N) is 1. The molecule has 1 amide bonds. The summed E-state index contributed by atoms with van der Waals surface area (Å²) in [6.07, 6.45) is 4.83. The number of halogens is 2. The summed E-state index contributed by atoms with van der Waals surface area (Å²) in [5.74, 6) is -0.519. The van der Waals surface area contributed by atoms with Gasteiger partial charge in [0, 0.05) is 25.4 Å². The van der Waals surface area contributed by atoms with Crippen LogP contribution in [-0.2, 0) is 16.0 Å². The van der Waals surface area contributed by atoms with Gasteiger partial charge >= 0.3 is 0 Å². The highest BCUT2D eigenvalue weighted by atomic mass is 35.5. The maximum absolute atomic E-state index is 13.7. The molecule has 2 aromatic rings. The number of nitrogens with zero attached hydrogens (tertiary/aromatic N) is 1. The van der Waals surface area contributed by atoms with E-state index in [1.54, 1.807) is 18.5 Å². The number of aromatic nitrogens is 1. The van der Waals surface area contributed by atoms with Crippen molar-refractivity contribution in [2.45, 2.75) is 31.4 Å². The van der Waals surface area contributed by atoms with Crippen molar-refractivity contribution in [2.75, 3.05) is 6.61 Å². The first-order chi connectivity index (χ1) is 11.6. The fourth-order valence-corrected chi connectivity index (χ4v) is 2.96. The lowest BCUT2D eigenvalue weighted by molar-refractivity contribution is -0.122. The van der Waals surface area contributed by atoms with Gasteiger partial charge in [0.25, 0.3) is 0 Å². The molecule has 0 unspecified atom stereocenters. The predicted molar refractivity (Wildman–Crippen MR) is 89.2 cm³/mol. The fourth-order valence-electron chi connectivity index (χ4n) is 2.84. The highest BCUT2D eigenvalue weighted by Crippen LogP contribution is 2.31. The molecule has 0 bridgehead atoms. The van der Waals surface area contributed by atoms with E-state index in [9.17, 15) is 9.18 Å². The van der Waals surface area contributed by atoms with E-state index in [2.05, 4.69) is 10.3 Å². The molecule has 1 N–H and O–H groups in total. The van der Waals surface area contributed by atoms with E-state index in [1.165, 1.54) is 12.1 Å². The molecule has 0 aliphatic carbocycles. The van der Waals surface area contributed by atoms with Gasteiger partial charge in [0.1, 0.15) is 11.9 Å². The Hall–Kier alpha value is -1.98. The molecule has 0 radical (unpaired) electrons. The van der Waals surface area contributed by atoms with Crippen molar-refractivity contribution in [2.24, 2.45) is 0 Å². The van der Waals surface area contributed by atoms with Crippen molar-refractivity contribution < 1.29 is 13.9 Å². The Kier molecular flexibility index (Phi) is 5.43. The SMILES string of the molecule is O=C(CCc1ccncc1)N[C@H]1CCO[C@H]1c1ccc(Cl)c(F)c1. The molecule has 1 aromatic heterocycles. The number of benzene rings is 1. The van der Waals surface area contributed by atoms with E-state index in [4.69, 9.17) is 16.3 Å². The normalized spacial score (nSPS) is 20.1. The van der Waals surface area contributed by atoms with E-state index in [1.807, 2.05) is 12.1 Å². The number of pyridine rings is 1. The first-order valence-electron chi connectivity index (χ1n) is 7.88. The van der Waals surface area contributed by atoms with Crippen LogP contribution >= 0.6 is 11.6 Å². The van der Waals surface area contributed by atoms with Gasteiger partial charge in [0.2, 0.25) is 5.91 Å². The van der Waals surface area contributed by atoms with Gasteiger partial charge in [-0.05, 0) is 48.2 Å². The highest BCUT2D eigenvalue weighted by molar-refractivity contribution is 6.30. The number of hydrogen-bond acceptors (Lipinski definition) is 3. The minimum atomic E-state index is -0.479. The maximum atomic E-state index is 13.7. The second-order valence-electron chi connectivity index (χ2n) is 5.78. The number of aryl methyl sites for hydroxylation is 1. The molecular weight excluding hydrogens is 331 g/mol. The van der Waals surface area contributed by atoms with Crippen molar-refractivity contribution in [3.05, 3.63) is 64.7 Å². The first-order valence-corrected chi connectivity index (χ1v) is 8.26. The van der Waals surface area contributed by atoms with E-state index < -0.39 is 5.82 Å². The Balaban J connectivity index is 1.59. The Morgan fingerprint density at radius 1 is 1.33 bits per heavy atom. The average Bonchev–Trinajstić information content (AvgIpc) is 3.04. The van der Waals surface area contributed by atoms with Crippen molar-refractivity contribution in [3.63, 3.8) is 0 Å². The number of ether oxygens (including phenoxy) is 1. The Morgan fingerprint density at radius 3 is 2.88 bits per heavy atom. The summed E-state index contributed by atoms with van der Waals surface area (Å²) in [6.45, 7) is 0.532. The highest BCUT2D eigenvalue weighted by Gasteiger charge is 2.31. The lowest BCUT2D eigenvalue weighted by atomic mass is 10.0. The van der Waals surface area contributed by atoms with E-state index in [0.717, 1.165) is 5.56 Å². The molecule has 1 fully saturated rings. The summed E-state index contributed by atoms with van der Waals surface area (Å²) < 4.78 is 19.3. The van der Waals surface area contributed by atoms with Crippen LogP contribution in [0, 0.1) is 5.82 Å². The van der Waals surface area contributed by atoms with Crippen LogP contribution in [0.1, 0.15) is 30.1 Å². The van der Waals surface area contributed by atoms with Crippen molar-refractivity contribution in [3.8, 4) is 0 Å². The predicted octanol–water partition coefficient (Wildman–Crippen LogP) is 3.45. The summed E-state index contributed by atoms with van der Waals surface area (Å²) in [5.41, 5.74) is 1.76. The molecule has 1 aromatic carbocycles. The minimum absolute atomic E-state index is 0.0400. The van der Waals surface area contributed by atoms with Crippen LogP contribution < -0.4 is 5.32 Å². The largest absolute Gasteiger partial charge is 0.371 e. The van der Waals surface area contributed by atoms with Crippen LogP contribution in [0.5, 0.6) is 0 Å². The lowest BCUT2D eigenvalue weighted by Crippen LogP contribution is -2.36. The zero-order valence-corrected chi connectivity index (χ0v) is 13.8. The molecule has 126 valence electrons. The standard InChI is InChI=1S/C18H18ClFN2O2/c19-14-3-2-13(11-15(14)20)18-16(7-10-24-18)22-17(23)4-1-12-5-8-21-9-6-12/h2-3,5-6,8-9,11,16,18H,1,4,7,10H2,(H,22,23)/t16-,18-/m0/s1. The zero-order chi connectivity index (χ0) is 16.9. The molecule has 1 aliphatic heterocycles. The minimum Gasteiger partial charge on any atom is -0.371 e. The Labute approximate surface area is 145 Å². The molecule has 2 heterocycles. The Morgan fingerprint density at radius 2 is 2.12 bits per heavy atom. The molecule has 3 rings (SSSR count). The van der Waals surface area contributed by atoms with Crippen molar-refractivity contribution in [1.82, 2.24) is 10.3 Å². The topological polar surface area (TPSA) is 51.2 Å². The third-order valence-corrected chi connectivity index (χ3v) is 4.41. The Bertz CT molecular complexity index is 711. The van der Waals surface area contributed by atoms with Gasteiger partial charge in [0.05, 0.1) is 11.1 Å². The zero-order valence-electron chi connectivity index (χ0n) is 13.0. The molecule has 24 heavy (non-hydrogen) atoms. The van der Waals surface area contributed by atoms with Crippen molar-refractivity contribution >= 4 is 17.5 Å². The van der Waals surface area contributed by atoms with Gasteiger partial charge in [0.15, 0.2) is 0 Å². The molecule has 1 aliphatic rings. The molecule has 4 nitrogen and oxygen atoms in total. The summed E-state index contributed by atoms with van der Waals surface area (Å²) >= 11 is 5.72. The molecule has 0 saturated carbocycles. The summed E-state index contributed by atoms with van der Waals surface area (Å²) in [6, 6.07) is 8.24. The van der Waals surface area contributed by atoms with Crippen LogP contribution in [-0.4, -0.2) is 23.5 Å². The van der Waals surface area contributed by atoms with Crippen LogP contribution in [0.15, 0.2) is 42.7 Å². The maximum Gasteiger partial charge on any atom is 0.220 e. The smallest absolute Gasteiger partial charge is 0.220 e. The number of carbonyl (C=O) groups is 1. The number of amides is 1. The number of rotatable bonds is 5. The fraction of sp³-hybridized carbons (Fsp3) is 0.333. The van der Waals surface area contributed by atoms with Crippen LogP contribution in [0.4, 0.5) is 4.39 Å².